The zero-order chi connectivity index (χ0) is 17.6. The molecule has 1 unspecified atom stereocenters. The Bertz CT molecular complexity index is 691. The molecule has 0 aromatic heterocycles. The second-order valence-corrected chi connectivity index (χ2v) is 6.73. The van der Waals surface area contributed by atoms with E-state index >= 15 is 0 Å². The highest BCUT2D eigenvalue weighted by Crippen LogP contribution is 2.24. The number of anilines is 1. The first-order valence-corrected chi connectivity index (χ1v) is 8.37. The van der Waals surface area contributed by atoms with Gasteiger partial charge in [-0.3, -0.25) is 0 Å². The summed E-state index contributed by atoms with van der Waals surface area (Å²) in [4.78, 5) is 11.9. The van der Waals surface area contributed by atoms with E-state index in [-0.39, 0.29) is 6.54 Å². The Labute approximate surface area is 151 Å². The van der Waals surface area contributed by atoms with Crippen LogP contribution in [0.2, 0.25) is 10.0 Å². The van der Waals surface area contributed by atoms with Crippen LogP contribution in [0.1, 0.15) is 18.9 Å². The van der Waals surface area contributed by atoms with Crippen molar-refractivity contribution in [2.45, 2.75) is 25.4 Å². The molecule has 0 radical (unpaired) electrons. The summed E-state index contributed by atoms with van der Waals surface area (Å²) in [6.45, 7) is 1.85. The Morgan fingerprint density at radius 3 is 2.50 bits per heavy atom. The molecule has 0 spiro atoms. The van der Waals surface area contributed by atoms with Gasteiger partial charge in [0.05, 0.1) is 15.6 Å². The van der Waals surface area contributed by atoms with Gasteiger partial charge in [0.25, 0.3) is 0 Å². The van der Waals surface area contributed by atoms with Crippen molar-refractivity contribution in [2.75, 3.05) is 11.9 Å². The van der Waals surface area contributed by atoms with E-state index in [1.807, 2.05) is 30.3 Å². The van der Waals surface area contributed by atoms with Crippen molar-refractivity contribution >= 4 is 34.9 Å². The number of amides is 2. The zero-order valence-electron chi connectivity index (χ0n) is 13.4. The minimum Gasteiger partial charge on any atom is -0.388 e. The van der Waals surface area contributed by atoms with Gasteiger partial charge < -0.3 is 15.7 Å². The van der Waals surface area contributed by atoms with Gasteiger partial charge in [-0.1, -0.05) is 53.5 Å². The number of carbonyl (C=O) groups excluding carboxylic acids is 1. The molecule has 24 heavy (non-hydrogen) atoms. The van der Waals surface area contributed by atoms with Crippen molar-refractivity contribution in [3.8, 4) is 0 Å². The lowest BCUT2D eigenvalue weighted by atomic mass is 9.97. The molecule has 0 aliphatic heterocycles. The topological polar surface area (TPSA) is 61.4 Å². The van der Waals surface area contributed by atoms with Gasteiger partial charge in [-0.05, 0) is 43.5 Å². The average molecular weight is 367 g/mol. The van der Waals surface area contributed by atoms with E-state index in [4.69, 9.17) is 23.2 Å². The summed E-state index contributed by atoms with van der Waals surface area (Å²) in [5.41, 5.74) is 0.689. The number of nitrogens with one attached hydrogen (secondary N) is 2. The van der Waals surface area contributed by atoms with Crippen LogP contribution in [-0.2, 0) is 6.42 Å². The molecule has 1 atom stereocenters. The number of halogens is 2. The van der Waals surface area contributed by atoms with Gasteiger partial charge in [0.15, 0.2) is 0 Å². The molecule has 2 aromatic carbocycles. The number of benzene rings is 2. The molecule has 0 aliphatic rings. The lowest BCUT2D eigenvalue weighted by Gasteiger charge is -2.23. The molecule has 4 nitrogen and oxygen atoms in total. The van der Waals surface area contributed by atoms with Gasteiger partial charge in [-0.25, -0.2) is 4.79 Å². The number of aliphatic hydroxyl groups is 1. The SMILES string of the molecule is CC(O)(CCc1ccccc1)CNC(=O)Nc1ccc(Cl)c(Cl)c1. The second kappa shape index (κ2) is 8.38. The van der Waals surface area contributed by atoms with Gasteiger partial charge in [0.2, 0.25) is 0 Å². The number of rotatable bonds is 6. The van der Waals surface area contributed by atoms with Crippen molar-refractivity contribution in [1.82, 2.24) is 5.32 Å². The van der Waals surface area contributed by atoms with Crippen molar-refractivity contribution < 1.29 is 9.90 Å². The highest BCUT2D eigenvalue weighted by molar-refractivity contribution is 6.42. The first kappa shape index (κ1) is 18.6. The number of urea groups is 1. The maximum Gasteiger partial charge on any atom is 0.319 e. The average Bonchev–Trinajstić information content (AvgIpc) is 2.56. The highest BCUT2D eigenvalue weighted by atomic mass is 35.5. The van der Waals surface area contributed by atoms with Crippen LogP contribution >= 0.6 is 23.2 Å². The van der Waals surface area contributed by atoms with Gasteiger partial charge in [-0.2, -0.15) is 0 Å². The van der Waals surface area contributed by atoms with Crippen LogP contribution in [0.4, 0.5) is 10.5 Å². The molecule has 0 fully saturated rings. The fourth-order valence-electron chi connectivity index (χ4n) is 2.17. The maximum absolute atomic E-state index is 11.9. The largest absolute Gasteiger partial charge is 0.388 e. The van der Waals surface area contributed by atoms with Crippen LogP contribution in [0.25, 0.3) is 0 Å². The molecule has 0 bridgehead atoms. The number of carbonyl (C=O) groups is 1. The molecular weight excluding hydrogens is 347 g/mol. The number of aryl methyl sites for hydroxylation is 1. The normalized spacial score (nSPS) is 13.2. The number of hydrogen-bond donors (Lipinski definition) is 3. The summed E-state index contributed by atoms with van der Waals surface area (Å²) in [6.07, 6.45) is 1.29. The summed E-state index contributed by atoms with van der Waals surface area (Å²) in [5, 5.41) is 16.5. The minimum atomic E-state index is -0.995. The fraction of sp³-hybridized carbons (Fsp3) is 0.278. The Kier molecular flexibility index (Phi) is 6.49. The van der Waals surface area contributed by atoms with E-state index in [0.717, 1.165) is 12.0 Å². The van der Waals surface area contributed by atoms with Crippen LogP contribution < -0.4 is 10.6 Å². The van der Waals surface area contributed by atoms with E-state index in [9.17, 15) is 9.90 Å². The number of hydrogen-bond acceptors (Lipinski definition) is 2. The first-order chi connectivity index (χ1) is 11.4. The molecule has 0 saturated heterocycles. The first-order valence-electron chi connectivity index (χ1n) is 7.62. The molecule has 2 rings (SSSR count). The predicted octanol–water partition coefficient (Wildman–Crippen LogP) is 4.50. The van der Waals surface area contributed by atoms with Crippen LogP contribution in [0.15, 0.2) is 48.5 Å². The standard InChI is InChI=1S/C18H20Cl2N2O2/c1-18(24,10-9-13-5-3-2-4-6-13)12-21-17(23)22-14-7-8-15(19)16(20)11-14/h2-8,11,24H,9-10,12H2,1H3,(H2,21,22,23). The maximum atomic E-state index is 11.9. The van der Waals surface area contributed by atoms with Gasteiger partial charge in [-0.15, -0.1) is 0 Å². The van der Waals surface area contributed by atoms with Gasteiger partial charge in [0, 0.05) is 12.2 Å². The molecular formula is C18H20Cl2N2O2. The molecule has 0 saturated carbocycles. The lowest BCUT2D eigenvalue weighted by Crippen LogP contribution is -2.42. The van der Waals surface area contributed by atoms with Crippen molar-refractivity contribution in [3.63, 3.8) is 0 Å². The quantitative estimate of drug-likeness (QED) is 0.704. The molecule has 0 aliphatic carbocycles. The Morgan fingerprint density at radius 1 is 1.12 bits per heavy atom. The third-order valence-corrected chi connectivity index (χ3v) is 4.34. The predicted molar refractivity (Wildman–Crippen MR) is 98.9 cm³/mol. The van der Waals surface area contributed by atoms with Gasteiger partial charge in [0.1, 0.15) is 0 Å². The van der Waals surface area contributed by atoms with E-state index in [2.05, 4.69) is 10.6 Å². The Balaban J connectivity index is 1.80. The molecule has 0 heterocycles. The van der Waals surface area contributed by atoms with E-state index in [1.54, 1.807) is 25.1 Å². The second-order valence-electron chi connectivity index (χ2n) is 5.92. The minimum absolute atomic E-state index is 0.146. The highest BCUT2D eigenvalue weighted by Gasteiger charge is 2.21. The molecule has 3 N–H and O–H groups in total. The smallest absolute Gasteiger partial charge is 0.319 e. The van der Waals surface area contributed by atoms with E-state index < -0.39 is 11.6 Å². The third kappa shape index (κ3) is 6.04. The summed E-state index contributed by atoms with van der Waals surface area (Å²) in [5.74, 6) is 0. The van der Waals surface area contributed by atoms with Gasteiger partial charge >= 0.3 is 6.03 Å². The lowest BCUT2D eigenvalue weighted by molar-refractivity contribution is 0.0539. The van der Waals surface area contributed by atoms with Crippen molar-refractivity contribution in [3.05, 3.63) is 64.1 Å². The molecule has 128 valence electrons. The van der Waals surface area contributed by atoms with Crippen LogP contribution in [-0.4, -0.2) is 23.3 Å². The Morgan fingerprint density at radius 2 is 1.83 bits per heavy atom. The zero-order valence-corrected chi connectivity index (χ0v) is 14.9. The summed E-state index contributed by atoms with van der Waals surface area (Å²) < 4.78 is 0. The molecule has 2 amide bonds. The Hall–Kier alpha value is -1.75. The van der Waals surface area contributed by atoms with Crippen LogP contribution in [0.3, 0.4) is 0 Å². The third-order valence-electron chi connectivity index (χ3n) is 3.60. The molecule has 6 heteroatoms. The van der Waals surface area contributed by atoms with Crippen LogP contribution in [0, 0.1) is 0 Å². The summed E-state index contributed by atoms with van der Waals surface area (Å²) in [6, 6.07) is 14.3. The van der Waals surface area contributed by atoms with E-state index in [1.165, 1.54) is 0 Å². The van der Waals surface area contributed by atoms with Crippen molar-refractivity contribution in [2.24, 2.45) is 0 Å². The van der Waals surface area contributed by atoms with Crippen LogP contribution in [0.5, 0.6) is 0 Å². The van der Waals surface area contributed by atoms with E-state index in [0.29, 0.717) is 22.2 Å². The monoisotopic (exact) mass is 366 g/mol. The fourth-order valence-corrected chi connectivity index (χ4v) is 2.46. The van der Waals surface area contributed by atoms with Crippen molar-refractivity contribution in [1.29, 1.82) is 0 Å². The summed E-state index contributed by atoms with van der Waals surface area (Å²) >= 11 is 11.7. The molecule has 2 aromatic rings. The summed E-state index contributed by atoms with van der Waals surface area (Å²) in [7, 11) is 0.